The highest BCUT2D eigenvalue weighted by atomic mass is 16.5. The average molecular weight is 146 g/mol. The monoisotopic (exact) mass is 146 g/mol. The molecule has 58 valence electrons. The third-order valence-corrected chi connectivity index (χ3v) is 1.21. The van der Waals surface area contributed by atoms with Crippen LogP contribution in [-0.4, -0.2) is 24.2 Å². The molecule has 0 aliphatic rings. The summed E-state index contributed by atoms with van der Waals surface area (Å²) in [6, 6.07) is 0. The van der Waals surface area contributed by atoms with Gasteiger partial charge in [0.2, 0.25) is 0 Å². The summed E-state index contributed by atoms with van der Waals surface area (Å²) >= 11 is 0. The van der Waals surface area contributed by atoms with Crippen molar-refractivity contribution in [3.05, 3.63) is 0 Å². The Hall–Kier alpha value is -1.06. The van der Waals surface area contributed by atoms with Crippen molar-refractivity contribution in [1.29, 1.82) is 0 Å². The molecule has 0 bridgehead atoms. The Labute approximate surface area is 58.8 Å². The minimum absolute atomic E-state index is 0.0324. The fraction of sp³-hybridized carbons (Fsp3) is 0.667. The van der Waals surface area contributed by atoms with E-state index in [-0.39, 0.29) is 13.1 Å². The molecule has 0 spiro atoms. The molecule has 0 fully saturated rings. The lowest BCUT2D eigenvalue weighted by Gasteiger charge is -2.05. The number of carbonyl (C=O) groups excluding carboxylic acids is 1. The van der Waals surface area contributed by atoms with Gasteiger partial charge in [-0.2, -0.15) is 0 Å². The van der Waals surface area contributed by atoms with Crippen molar-refractivity contribution in [2.24, 2.45) is 5.92 Å². The van der Waals surface area contributed by atoms with Crippen molar-refractivity contribution >= 4 is 12.4 Å². The number of carboxylic acid groups (broad SMARTS) is 1. The lowest BCUT2D eigenvalue weighted by atomic mass is 10.1. The van der Waals surface area contributed by atoms with Crippen LogP contribution in [0.3, 0.4) is 0 Å². The third kappa shape index (κ3) is 3.06. The molecule has 4 nitrogen and oxygen atoms in total. The molecule has 1 atom stereocenters. The molecule has 0 heterocycles. The zero-order valence-corrected chi connectivity index (χ0v) is 5.74. The van der Waals surface area contributed by atoms with E-state index in [0.29, 0.717) is 6.42 Å². The van der Waals surface area contributed by atoms with E-state index in [2.05, 4.69) is 4.74 Å². The molecule has 0 aliphatic carbocycles. The van der Waals surface area contributed by atoms with E-state index >= 15 is 0 Å². The molecule has 0 radical (unpaired) electrons. The van der Waals surface area contributed by atoms with Crippen LogP contribution in [0.2, 0.25) is 0 Å². The first-order valence-electron chi connectivity index (χ1n) is 3.00. The van der Waals surface area contributed by atoms with Crippen LogP contribution >= 0.6 is 0 Å². The number of carbonyl (C=O) groups is 2. The maximum Gasteiger partial charge on any atom is 0.309 e. The van der Waals surface area contributed by atoms with Crippen molar-refractivity contribution in [2.75, 3.05) is 6.61 Å². The molecule has 0 aromatic heterocycles. The molecule has 1 unspecified atom stereocenters. The van der Waals surface area contributed by atoms with Gasteiger partial charge in [0.05, 0.1) is 5.92 Å². The lowest BCUT2D eigenvalue weighted by Crippen LogP contribution is -2.18. The Morgan fingerprint density at radius 1 is 1.80 bits per heavy atom. The summed E-state index contributed by atoms with van der Waals surface area (Å²) < 4.78 is 4.29. The standard InChI is InChI=1S/C6H10O4/c1-2-5(6(8)9)3-10-4-7/h4-5H,2-3H2,1H3,(H,8,9). The zero-order chi connectivity index (χ0) is 7.98. The Morgan fingerprint density at radius 2 is 2.40 bits per heavy atom. The predicted molar refractivity (Wildman–Crippen MR) is 33.4 cm³/mol. The van der Waals surface area contributed by atoms with Crippen LogP contribution in [0.15, 0.2) is 0 Å². The van der Waals surface area contributed by atoms with Gasteiger partial charge in [0.1, 0.15) is 6.61 Å². The van der Waals surface area contributed by atoms with Crippen LogP contribution in [0.4, 0.5) is 0 Å². The molecule has 1 N–H and O–H groups in total. The first-order valence-corrected chi connectivity index (χ1v) is 3.00. The summed E-state index contributed by atoms with van der Waals surface area (Å²) in [7, 11) is 0. The van der Waals surface area contributed by atoms with Crippen molar-refractivity contribution in [2.45, 2.75) is 13.3 Å². The average Bonchev–Trinajstić information content (AvgIpc) is 1.89. The van der Waals surface area contributed by atoms with Crippen LogP contribution < -0.4 is 0 Å². The molecular weight excluding hydrogens is 136 g/mol. The number of carboxylic acids is 1. The van der Waals surface area contributed by atoms with Gasteiger partial charge in [-0.3, -0.25) is 9.59 Å². The maximum absolute atomic E-state index is 10.2. The topological polar surface area (TPSA) is 63.6 Å². The molecule has 0 aromatic carbocycles. The zero-order valence-electron chi connectivity index (χ0n) is 5.74. The number of hydrogen-bond acceptors (Lipinski definition) is 3. The van der Waals surface area contributed by atoms with Gasteiger partial charge in [-0.15, -0.1) is 0 Å². The molecule has 0 rings (SSSR count). The summed E-state index contributed by atoms with van der Waals surface area (Å²) in [6.07, 6.45) is 0.475. The molecule has 0 aliphatic heterocycles. The minimum Gasteiger partial charge on any atom is -0.481 e. The van der Waals surface area contributed by atoms with E-state index in [1.807, 2.05) is 0 Å². The second kappa shape index (κ2) is 4.78. The Bertz CT molecular complexity index is 121. The minimum atomic E-state index is -0.927. The fourth-order valence-electron chi connectivity index (χ4n) is 0.519. The van der Waals surface area contributed by atoms with E-state index in [4.69, 9.17) is 5.11 Å². The molecule has 0 amide bonds. The number of hydrogen-bond donors (Lipinski definition) is 1. The molecule has 4 heteroatoms. The van der Waals surface area contributed by atoms with Crippen LogP contribution in [-0.2, 0) is 14.3 Å². The van der Waals surface area contributed by atoms with Gasteiger partial charge in [-0.05, 0) is 6.42 Å². The van der Waals surface area contributed by atoms with E-state index in [9.17, 15) is 9.59 Å². The van der Waals surface area contributed by atoms with E-state index in [1.54, 1.807) is 6.92 Å². The van der Waals surface area contributed by atoms with Crippen molar-refractivity contribution in [3.63, 3.8) is 0 Å². The number of ether oxygens (including phenoxy) is 1. The SMILES string of the molecule is CCC(COC=O)C(=O)O. The van der Waals surface area contributed by atoms with Crippen LogP contribution in [0.5, 0.6) is 0 Å². The maximum atomic E-state index is 10.2. The molecule has 0 saturated carbocycles. The Morgan fingerprint density at radius 3 is 2.70 bits per heavy atom. The fourth-order valence-corrected chi connectivity index (χ4v) is 0.519. The largest absolute Gasteiger partial charge is 0.481 e. The summed E-state index contributed by atoms with van der Waals surface area (Å²) in [4.78, 5) is 19.9. The first kappa shape index (κ1) is 8.94. The third-order valence-electron chi connectivity index (χ3n) is 1.21. The molecule has 0 aromatic rings. The summed E-state index contributed by atoms with van der Waals surface area (Å²) in [6.45, 7) is 1.95. The Kier molecular flexibility index (Phi) is 4.28. The van der Waals surface area contributed by atoms with Crippen LogP contribution in [0.1, 0.15) is 13.3 Å². The van der Waals surface area contributed by atoms with Gasteiger partial charge in [0, 0.05) is 0 Å². The van der Waals surface area contributed by atoms with Crippen molar-refractivity contribution in [3.8, 4) is 0 Å². The first-order chi connectivity index (χ1) is 4.72. The van der Waals surface area contributed by atoms with Gasteiger partial charge in [-0.25, -0.2) is 0 Å². The number of aliphatic carboxylic acids is 1. The predicted octanol–water partition coefficient (Wildman–Crippen LogP) is 0.270. The number of rotatable bonds is 5. The van der Waals surface area contributed by atoms with Crippen LogP contribution in [0, 0.1) is 5.92 Å². The Balaban J connectivity index is 3.60. The second-order valence-corrected chi connectivity index (χ2v) is 1.87. The quantitative estimate of drug-likeness (QED) is 0.565. The van der Waals surface area contributed by atoms with Gasteiger partial charge in [0.25, 0.3) is 6.47 Å². The normalized spacial score (nSPS) is 12.1. The highest BCUT2D eigenvalue weighted by molar-refractivity contribution is 5.70. The van der Waals surface area contributed by atoms with Gasteiger partial charge in [-0.1, -0.05) is 6.92 Å². The summed E-state index contributed by atoms with van der Waals surface area (Å²) in [5, 5.41) is 8.40. The van der Waals surface area contributed by atoms with Gasteiger partial charge >= 0.3 is 5.97 Å². The van der Waals surface area contributed by atoms with E-state index in [1.165, 1.54) is 0 Å². The summed E-state index contributed by atoms with van der Waals surface area (Å²) in [5.41, 5.74) is 0. The van der Waals surface area contributed by atoms with Gasteiger partial charge < -0.3 is 9.84 Å². The van der Waals surface area contributed by atoms with E-state index in [0.717, 1.165) is 0 Å². The molecular formula is C6H10O4. The highest BCUT2D eigenvalue weighted by Crippen LogP contribution is 2.01. The van der Waals surface area contributed by atoms with Crippen molar-refractivity contribution < 1.29 is 19.4 Å². The lowest BCUT2D eigenvalue weighted by molar-refractivity contribution is -0.145. The van der Waals surface area contributed by atoms with E-state index < -0.39 is 11.9 Å². The molecule has 0 saturated heterocycles. The molecule has 10 heavy (non-hydrogen) atoms. The van der Waals surface area contributed by atoms with Crippen molar-refractivity contribution in [1.82, 2.24) is 0 Å². The van der Waals surface area contributed by atoms with Gasteiger partial charge in [0.15, 0.2) is 0 Å². The second-order valence-electron chi connectivity index (χ2n) is 1.87. The smallest absolute Gasteiger partial charge is 0.309 e. The summed E-state index contributed by atoms with van der Waals surface area (Å²) in [5.74, 6) is -1.49. The highest BCUT2D eigenvalue weighted by Gasteiger charge is 2.14. The van der Waals surface area contributed by atoms with Crippen LogP contribution in [0.25, 0.3) is 0 Å².